The molecule has 1 heterocycles. The SMILES string of the molecule is COc1ccc2[nH]cc(C(=O)Nc3ccccc3C#N)c(=O)c2c1. The first-order valence-electron chi connectivity index (χ1n) is 7.14. The van der Waals surface area contributed by atoms with Crippen molar-refractivity contribution in [3.05, 3.63) is 70.0 Å². The van der Waals surface area contributed by atoms with Crippen LogP contribution in [0.25, 0.3) is 10.9 Å². The summed E-state index contributed by atoms with van der Waals surface area (Å²) < 4.78 is 5.11. The van der Waals surface area contributed by atoms with Gasteiger partial charge in [-0.2, -0.15) is 5.26 Å². The van der Waals surface area contributed by atoms with E-state index in [2.05, 4.69) is 10.3 Å². The zero-order chi connectivity index (χ0) is 17.1. The standard InChI is InChI=1S/C18H13N3O3/c1-24-12-6-7-16-13(8-12)17(22)14(10-20-16)18(23)21-15-5-3-2-4-11(15)9-19/h2-8,10H,1H3,(H,20,22)(H,21,23). The molecule has 6 nitrogen and oxygen atoms in total. The van der Waals surface area contributed by atoms with Crippen LogP contribution < -0.4 is 15.5 Å². The largest absolute Gasteiger partial charge is 0.497 e. The van der Waals surface area contributed by atoms with Crippen molar-refractivity contribution in [2.75, 3.05) is 12.4 Å². The highest BCUT2D eigenvalue weighted by Gasteiger charge is 2.15. The molecule has 0 saturated carbocycles. The van der Waals surface area contributed by atoms with Crippen LogP contribution in [0.5, 0.6) is 5.75 Å². The molecule has 2 aromatic carbocycles. The maximum absolute atomic E-state index is 12.6. The van der Waals surface area contributed by atoms with Crippen molar-refractivity contribution < 1.29 is 9.53 Å². The smallest absolute Gasteiger partial charge is 0.261 e. The molecule has 3 rings (SSSR count). The van der Waals surface area contributed by atoms with E-state index in [4.69, 9.17) is 10.00 Å². The number of fused-ring (bicyclic) bond motifs is 1. The van der Waals surface area contributed by atoms with Crippen LogP contribution in [0.2, 0.25) is 0 Å². The molecule has 1 amide bonds. The summed E-state index contributed by atoms with van der Waals surface area (Å²) in [4.78, 5) is 27.9. The predicted molar refractivity (Wildman–Crippen MR) is 90.2 cm³/mol. The molecule has 0 aliphatic rings. The normalized spacial score (nSPS) is 10.2. The maximum Gasteiger partial charge on any atom is 0.261 e. The first-order chi connectivity index (χ1) is 11.6. The highest BCUT2D eigenvalue weighted by molar-refractivity contribution is 6.06. The van der Waals surface area contributed by atoms with E-state index in [0.29, 0.717) is 27.9 Å². The third-order valence-corrected chi connectivity index (χ3v) is 3.63. The lowest BCUT2D eigenvalue weighted by atomic mass is 10.1. The van der Waals surface area contributed by atoms with Gasteiger partial charge in [0.2, 0.25) is 5.43 Å². The van der Waals surface area contributed by atoms with Crippen LogP contribution in [-0.2, 0) is 0 Å². The van der Waals surface area contributed by atoms with Crippen molar-refractivity contribution in [3.63, 3.8) is 0 Å². The minimum atomic E-state index is -0.580. The molecule has 0 bridgehead atoms. The monoisotopic (exact) mass is 319 g/mol. The quantitative estimate of drug-likeness (QED) is 0.776. The summed E-state index contributed by atoms with van der Waals surface area (Å²) >= 11 is 0. The summed E-state index contributed by atoms with van der Waals surface area (Å²) in [7, 11) is 1.50. The molecule has 24 heavy (non-hydrogen) atoms. The number of benzene rings is 2. The van der Waals surface area contributed by atoms with Crippen molar-refractivity contribution in [2.45, 2.75) is 0 Å². The van der Waals surface area contributed by atoms with E-state index >= 15 is 0 Å². The van der Waals surface area contributed by atoms with Gasteiger partial charge in [0.05, 0.1) is 18.4 Å². The van der Waals surface area contributed by atoms with Crippen LogP contribution in [0.3, 0.4) is 0 Å². The molecular formula is C18H13N3O3. The molecule has 0 radical (unpaired) electrons. The van der Waals surface area contributed by atoms with Crippen molar-refractivity contribution in [2.24, 2.45) is 0 Å². The Morgan fingerprint density at radius 1 is 1.25 bits per heavy atom. The fourth-order valence-corrected chi connectivity index (χ4v) is 2.37. The van der Waals surface area contributed by atoms with E-state index in [-0.39, 0.29) is 5.56 Å². The number of H-pyrrole nitrogens is 1. The Hall–Kier alpha value is -3.59. The average Bonchev–Trinajstić information content (AvgIpc) is 2.62. The van der Waals surface area contributed by atoms with Gasteiger partial charge in [0.15, 0.2) is 0 Å². The fourth-order valence-electron chi connectivity index (χ4n) is 2.37. The average molecular weight is 319 g/mol. The van der Waals surface area contributed by atoms with Crippen LogP contribution in [-0.4, -0.2) is 18.0 Å². The zero-order valence-corrected chi connectivity index (χ0v) is 12.8. The number of hydrogen-bond acceptors (Lipinski definition) is 4. The van der Waals surface area contributed by atoms with Crippen LogP contribution in [0.15, 0.2) is 53.5 Å². The number of anilines is 1. The van der Waals surface area contributed by atoms with Gasteiger partial charge in [-0.1, -0.05) is 12.1 Å². The second kappa shape index (κ2) is 6.26. The molecule has 0 unspecified atom stereocenters. The highest BCUT2D eigenvalue weighted by atomic mass is 16.5. The van der Waals surface area contributed by atoms with E-state index in [1.165, 1.54) is 13.3 Å². The highest BCUT2D eigenvalue weighted by Crippen LogP contribution is 2.18. The minimum absolute atomic E-state index is 0.0384. The Bertz CT molecular complexity index is 1030. The number of amides is 1. The summed E-state index contributed by atoms with van der Waals surface area (Å²) in [6.45, 7) is 0. The molecule has 3 aromatic rings. The van der Waals surface area contributed by atoms with E-state index in [1.807, 2.05) is 6.07 Å². The topological polar surface area (TPSA) is 95.0 Å². The maximum atomic E-state index is 12.6. The summed E-state index contributed by atoms with van der Waals surface area (Å²) in [5.41, 5.74) is 0.840. The van der Waals surface area contributed by atoms with E-state index in [1.54, 1.807) is 42.5 Å². The van der Waals surface area contributed by atoms with Crippen LogP contribution in [0.4, 0.5) is 5.69 Å². The third-order valence-electron chi connectivity index (χ3n) is 3.63. The predicted octanol–water partition coefficient (Wildman–Crippen LogP) is 2.66. The van der Waals surface area contributed by atoms with E-state index in [9.17, 15) is 9.59 Å². The molecule has 0 fully saturated rings. The van der Waals surface area contributed by atoms with Crippen molar-refractivity contribution >= 4 is 22.5 Å². The fraction of sp³-hybridized carbons (Fsp3) is 0.0556. The van der Waals surface area contributed by atoms with Gasteiger partial charge in [0.25, 0.3) is 5.91 Å². The number of carbonyl (C=O) groups is 1. The van der Waals surface area contributed by atoms with Crippen molar-refractivity contribution in [1.82, 2.24) is 4.98 Å². The number of nitrogens with zero attached hydrogens (tertiary/aromatic N) is 1. The minimum Gasteiger partial charge on any atom is -0.497 e. The number of nitriles is 1. The van der Waals surface area contributed by atoms with Gasteiger partial charge < -0.3 is 15.0 Å². The summed E-state index contributed by atoms with van der Waals surface area (Å²) in [5, 5.41) is 12.0. The molecule has 0 aliphatic carbocycles. The number of aromatic nitrogens is 1. The van der Waals surface area contributed by atoms with Gasteiger partial charge in [0.1, 0.15) is 17.4 Å². The van der Waals surface area contributed by atoms with Gasteiger partial charge in [-0.25, -0.2) is 0 Å². The number of aromatic amines is 1. The first-order valence-corrected chi connectivity index (χ1v) is 7.14. The van der Waals surface area contributed by atoms with Gasteiger partial charge in [-0.15, -0.1) is 0 Å². The second-order valence-electron chi connectivity index (χ2n) is 5.05. The Balaban J connectivity index is 2.03. The Labute approximate surface area is 137 Å². The first kappa shape index (κ1) is 15.3. The summed E-state index contributed by atoms with van der Waals surface area (Å²) in [6, 6.07) is 13.6. The molecule has 1 aromatic heterocycles. The number of hydrogen-bond donors (Lipinski definition) is 2. The van der Waals surface area contributed by atoms with Crippen molar-refractivity contribution in [1.29, 1.82) is 5.26 Å². The molecule has 6 heteroatoms. The molecule has 0 atom stereocenters. The lowest BCUT2D eigenvalue weighted by Gasteiger charge is -2.08. The third kappa shape index (κ3) is 2.71. The van der Waals surface area contributed by atoms with Crippen molar-refractivity contribution in [3.8, 4) is 11.8 Å². The van der Waals surface area contributed by atoms with E-state index < -0.39 is 11.3 Å². The Morgan fingerprint density at radius 2 is 2.04 bits per heavy atom. The summed E-state index contributed by atoms with van der Waals surface area (Å²) in [5.74, 6) is -0.0518. The molecule has 118 valence electrons. The van der Waals surface area contributed by atoms with Crippen LogP contribution in [0.1, 0.15) is 15.9 Å². The van der Waals surface area contributed by atoms with Crippen LogP contribution in [0, 0.1) is 11.3 Å². The molecular weight excluding hydrogens is 306 g/mol. The number of rotatable bonds is 3. The van der Waals surface area contributed by atoms with Gasteiger partial charge in [-0.3, -0.25) is 9.59 Å². The van der Waals surface area contributed by atoms with Gasteiger partial charge in [0, 0.05) is 17.1 Å². The number of ether oxygens (including phenoxy) is 1. The van der Waals surface area contributed by atoms with Crippen LogP contribution >= 0.6 is 0 Å². The molecule has 0 spiro atoms. The second-order valence-corrected chi connectivity index (χ2v) is 5.05. The van der Waals surface area contributed by atoms with E-state index in [0.717, 1.165) is 0 Å². The number of para-hydroxylation sites is 1. The van der Waals surface area contributed by atoms with Gasteiger partial charge in [-0.05, 0) is 30.3 Å². The molecule has 0 aliphatic heterocycles. The lowest BCUT2D eigenvalue weighted by molar-refractivity contribution is 0.102. The molecule has 2 N–H and O–H groups in total. The zero-order valence-electron chi connectivity index (χ0n) is 12.8. The number of pyridine rings is 1. The van der Waals surface area contributed by atoms with Gasteiger partial charge >= 0.3 is 0 Å². The number of nitrogens with one attached hydrogen (secondary N) is 2. The molecule has 0 saturated heterocycles. The Kier molecular flexibility index (Phi) is 4.00. The lowest BCUT2D eigenvalue weighted by Crippen LogP contribution is -2.22. The summed E-state index contributed by atoms with van der Waals surface area (Å²) in [6.07, 6.45) is 1.36. The number of carbonyl (C=O) groups excluding carboxylic acids is 1. The Morgan fingerprint density at radius 3 is 2.79 bits per heavy atom. The number of methoxy groups -OCH3 is 1.